The lowest BCUT2D eigenvalue weighted by atomic mass is 10.1. The molecule has 1 heterocycles. The molecule has 1 aromatic heterocycles. The summed E-state index contributed by atoms with van der Waals surface area (Å²) in [5.41, 5.74) is 1.25. The van der Waals surface area contributed by atoms with E-state index in [1.807, 2.05) is 36.2 Å². The average molecular weight is 310 g/mol. The van der Waals surface area contributed by atoms with E-state index in [2.05, 4.69) is 24.4 Å². The van der Waals surface area contributed by atoms with E-state index in [0.717, 1.165) is 30.2 Å². The van der Waals surface area contributed by atoms with Crippen molar-refractivity contribution in [2.45, 2.75) is 30.7 Å². The first-order chi connectivity index (χ1) is 9.78. The number of hydrogen-bond donors (Lipinski definition) is 1. The minimum absolute atomic E-state index is 0.452. The first kappa shape index (κ1) is 15.5. The molecule has 2 nitrogen and oxygen atoms in total. The third-order valence-corrected chi connectivity index (χ3v) is 4.44. The maximum Gasteiger partial charge on any atom is 0.0935 e. The molecule has 1 aromatic carbocycles. The smallest absolute Gasteiger partial charge is 0.0935 e. The second-order valence-electron chi connectivity index (χ2n) is 4.75. The van der Waals surface area contributed by atoms with Crippen molar-refractivity contribution in [2.24, 2.45) is 0 Å². The topological polar surface area (TPSA) is 25.2 Å². The SMILES string of the molecule is CCCNC(CSc1ccc(Cl)cc1)Cc1ccoc1. The Labute approximate surface area is 129 Å². The molecule has 0 bridgehead atoms. The Morgan fingerprint density at radius 2 is 2.05 bits per heavy atom. The van der Waals surface area contributed by atoms with Gasteiger partial charge in [0.25, 0.3) is 0 Å². The number of nitrogens with one attached hydrogen (secondary N) is 1. The van der Waals surface area contributed by atoms with Gasteiger partial charge in [-0.1, -0.05) is 18.5 Å². The van der Waals surface area contributed by atoms with Crippen molar-refractivity contribution in [3.8, 4) is 0 Å². The molecule has 20 heavy (non-hydrogen) atoms. The largest absolute Gasteiger partial charge is 0.472 e. The van der Waals surface area contributed by atoms with Crippen LogP contribution in [0.4, 0.5) is 0 Å². The Bertz CT molecular complexity index is 484. The van der Waals surface area contributed by atoms with Gasteiger partial charge < -0.3 is 9.73 Å². The fraction of sp³-hybridized carbons (Fsp3) is 0.375. The summed E-state index contributed by atoms with van der Waals surface area (Å²) in [5.74, 6) is 1.03. The second kappa shape index (κ2) is 8.40. The Morgan fingerprint density at radius 1 is 1.25 bits per heavy atom. The molecule has 0 amide bonds. The summed E-state index contributed by atoms with van der Waals surface area (Å²) in [6.07, 6.45) is 5.71. The molecule has 0 spiro atoms. The molecular formula is C16H20ClNOS. The van der Waals surface area contributed by atoms with Gasteiger partial charge in [-0.15, -0.1) is 11.8 Å². The lowest BCUT2D eigenvalue weighted by Crippen LogP contribution is -2.33. The second-order valence-corrected chi connectivity index (χ2v) is 6.28. The van der Waals surface area contributed by atoms with E-state index in [9.17, 15) is 0 Å². The summed E-state index contributed by atoms with van der Waals surface area (Å²) in [6.45, 7) is 3.23. The summed E-state index contributed by atoms with van der Waals surface area (Å²) in [7, 11) is 0. The van der Waals surface area contributed by atoms with Gasteiger partial charge in [0.2, 0.25) is 0 Å². The van der Waals surface area contributed by atoms with Gasteiger partial charge in [-0.2, -0.15) is 0 Å². The quantitative estimate of drug-likeness (QED) is 0.719. The zero-order chi connectivity index (χ0) is 14.2. The number of thioether (sulfide) groups is 1. The van der Waals surface area contributed by atoms with Crippen molar-refractivity contribution in [1.29, 1.82) is 0 Å². The summed E-state index contributed by atoms with van der Waals surface area (Å²) in [5, 5.41) is 4.39. The lowest BCUT2D eigenvalue weighted by molar-refractivity contribution is 0.536. The maximum absolute atomic E-state index is 5.91. The van der Waals surface area contributed by atoms with Crippen molar-refractivity contribution < 1.29 is 4.42 Å². The number of furan rings is 1. The lowest BCUT2D eigenvalue weighted by Gasteiger charge is -2.17. The zero-order valence-corrected chi connectivity index (χ0v) is 13.2. The van der Waals surface area contributed by atoms with Gasteiger partial charge in [0.05, 0.1) is 12.5 Å². The van der Waals surface area contributed by atoms with Gasteiger partial charge in [-0.3, -0.25) is 0 Å². The Kier molecular flexibility index (Phi) is 6.51. The van der Waals surface area contributed by atoms with Crippen molar-refractivity contribution in [3.63, 3.8) is 0 Å². The van der Waals surface area contributed by atoms with Crippen molar-refractivity contribution in [3.05, 3.63) is 53.4 Å². The molecule has 0 aliphatic heterocycles. The molecule has 0 radical (unpaired) electrons. The van der Waals surface area contributed by atoms with Crippen molar-refractivity contribution in [2.75, 3.05) is 12.3 Å². The Hall–Kier alpha value is -0.900. The monoisotopic (exact) mass is 309 g/mol. The highest BCUT2D eigenvalue weighted by Gasteiger charge is 2.10. The van der Waals surface area contributed by atoms with Crippen LogP contribution in [0.25, 0.3) is 0 Å². The Morgan fingerprint density at radius 3 is 2.70 bits per heavy atom. The normalized spacial score (nSPS) is 12.5. The number of hydrogen-bond acceptors (Lipinski definition) is 3. The van der Waals surface area contributed by atoms with Crippen LogP contribution >= 0.6 is 23.4 Å². The molecule has 0 aliphatic rings. The molecule has 108 valence electrons. The van der Waals surface area contributed by atoms with Crippen LogP contribution in [-0.4, -0.2) is 18.3 Å². The number of rotatable bonds is 8. The van der Waals surface area contributed by atoms with Crippen molar-refractivity contribution in [1.82, 2.24) is 5.32 Å². The summed E-state index contributed by atoms with van der Waals surface area (Å²) in [6, 6.07) is 10.5. The van der Waals surface area contributed by atoms with Crippen LogP contribution < -0.4 is 5.32 Å². The predicted molar refractivity (Wildman–Crippen MR) is 86.7 cm³/mol. The molecule has 2 rings (SSSR count). The first-order valence-electron chi connectivity index (χ1n) is 6.90. The standard InChI is InChI=1S/C16H20ClNOS/c1-2-8-18-15(10-13-7-9-19-11-13)12-20-16-5-3-14(17)4-6-16/h3-7,9,11,15,18H,2,8,10,12H2,1H3. The van der Waals surface area contributed by atoms with Crippen LogP contribution in [0, 0.1) is 0 Å². The molecule has 0 aliphatic carbocycles. The van der Waals surface area contributed by atoms with E-state index in [4.69, 9.17) is 16.0 Å². The molecule has 1 atom stereocenters. The maximum atomic E-state index is 5.91. The summed E-state index contributed by atoms with van der Waals surface area (Å²) < 4.78 is 5.15. The van der Waals surface area contributed by atoms with Gasteiger partial charge in [0.15, 0.2) is 0 Å². The van der Waals surface area contributed by atoms with Gasteiger partial charge in [-0.25, -0.2) is 0 Å². The van der Waals surface area contributed by atoms with Gasteiger partial charge in [0, 0.05) is 21.7 Å². The number of benzene rings is 1. The number of halogens is 1. The first-order valence-corrected chi connectivity index (χ1v) is 8.27. The fourth-order valence-electron chi connectivity index (χ4n) is 1.96. The molecule has 0 saturated carbocycles. The van der Waals surface area contributed by atoms with Crippen LogP contribution in [0.2, 0.25) is 5.02 Å². The van der Waals surface area contributed by atoms with Crippen LogP contribution in [0.1, 0.15) is 18.9 Å². The van der Waals surface area contributed by atoms with Gasteiger partial charge in [0.1, 0.15) is 0 Å². The third kappa shape index (κ3) is 5.23. The molecule has 1 N–H and O–H groups in total. The molecule has 2 aromatic rings. The van der Waals surface area contributed by atoms with E-state index in [1.54, 1.807) is 6.26 Å². The van der Waals surface area contributed by atoms with E-state index in [1.165, 1.54) is 10.5 Å². The third-order valence-electron chi connectivity index (χ3n) is 3.01. The zero-order valence-electron chi connectivity index (χ0n) is 11.6. The molecule has 0 saturated heterocycles. The molecular weight excluding hydrogens is 290 g/mol. The minimum Gasteiger partial charge on any atom is -0.472 e. The minimum atomic E-state index is 0.452. The Balaban J connectivity index is 1.87. The highest BCUT2D eigenvalue weighted by Crippen LogP contribution is 2.22. The van der Waals surface area contributed by atoms with E-state index in [0.29, 0.717) is 6.04 Å². The van der Waals surface area contributed by atoms with Gasteiger partial charge >= 0.3 is 0 Å². The fourth-order valence-corrected chi connectivity index (χ4v) is 3.04. The summed E-state index contributed by atoms with van der Waals surface area (Å²) in [4.78, 5) is 1.25. The van der Waals surface area contributed by atoms with Crippen LogP contribution in [-0.2, 0) is 6.42 Å². The molecule has 1 unspecified atom stereocenters. The van der Waals surface area contributed by atoms with Crippen LogP contribution in [0.15, 0.2) is 52.2 Å². The highest BCUT2D eigenvalue weighted by molar-refractivity contribution is 7.99. The van der Waals surface area contributed by atoms with Crippen LogP contribution in [0.3, 0.4) is 0 Å². The van der Waals surface area contributed by atoms with E-state index >= 15 is 0 Å². The van der Waals surface area contributed by atoms with Crippen molar-refractivity contribution >= 4 is 23.4 Å². The van der Waals surface area contributed by atoms with Gasteiger partial charge in [-0.05, 0) is 55.3 Å². The van der Waals surface area contributed by atoms with Crippen LogP contribution in [0.5, 0.6) is 0 Å². The van der Waals surface area contributed by atoms with E-state index in [-0.39, 0.29) is 0 Å². The molecule has 4 heteroatoms. The molecule has 0 fully saturated rings. The predicted octanol–water partition coefficient (Wildman–Crippen LogP) is 4.64. The summed E-state index contributed by atoms with van der Waals surface area (Å²) >= 11 is 7.76. The average Bonchev–Trinajstić information content (AvgIpc) is 2.96. The highest BCUT2D eigenvalue weighted by atomic mass is 35.5. The van der Waals surface area contributed by atoms with E-state index < -0.39 is 0 Å².